The molecule has 3 heterocycles. The normalized spacial score (nSPS) is 13.2. The number of furan rings is 1. The summed E-state index contributed by atoms with van der Waals surface area (Å²) < 4.78 is 8.97. The van der Waals surface area contributed by atoms with E-state index in [1.54, 1.807) is 0 Å². The molecule has 10 aromatic rings. The van der Waals surface area contributed by atoms with Crippen LogP contribution in [-0.2, 0) is 5.41 Å². The molecule has 0 amide bonds. The quantitative estimate of drug-likeness (QED) is 0.186. The Morgan fingerprint density at radius 2 is 1.15 bits per heavy atom. The summed E-state index contributed by atoms with van der Waals surface area (Å²) in [6.45, 7) is 4.69. The highest BCUT2D eigenvalue weighted by Gasteiger charge is 2.36. The van der Waals surface area contributed by atoms with Crippen molar-refractivity contribution in [1.29, 1.82) is 0 Å². The van der Waals surface area contributed by atoms with Crippen LogP contribution in [0.15, 0.2) is 168 Å². The van der Waals surface area contributed by atoms with E-state index in [4.69, 9.17) is 14.4 Å². The summed E-state index contributed by atoms with van der Waals surface area (Å²) in [6.07, 6.45) is 0. The molecule has 11 rings (SSSR count). The zero-order valence-electron chi connectivity index (χ0n) is 29.3. The van der Waals surface area contributed by atoms with Gasteiger partial charge in [-0.15, -0.1) is 0 Å². The standard InChI is InChI=1S/C49H33N3O/c1-49(2)39-21-11-9-18-33(39)36-27-37-34-19-10-12-22-43(34)52(44(37)28-40(36)49)32-24-25-45-38(26-32)47-35(20-13-23-46(47)53-45)48-50-41(30-14-5-3-6-15-30)29-42(51-48)31-16-7-4-8-17-31/h3-29H,1-2H3. The SMILES string of the molecule is CC1(C)c2ccccc2-c2cc3c4ccccc4n(-c4ccc5oc6cccc(-c7nc(-c8ccccc8)cc(-c8ccccc8)n7)c6c5c4)c3cc21. The largest absolute Gasteiger partial charge is 0.456 e. The van der Waals surface area contributed by atoms with Crippen molar-refractivity contribution in [3.63, 3.8) is 0 Å². The third-order valence-electron chi connectivity index (χ3n) is 11.2. The first-order chi connectivity index (χ1) is 26.0. The zero-order valence-corrected chi connectivity index (χ0v) is 29.3. The number of para-hydroxylation sites is 1. The van der Waals surface area contributed by atoms with E-state index in [2.05, 4.69) is 134 Å². The highest BCUT2D eigenvalue weighted by atomic mass is 16.3. The van der Waals surface area contributed by atoms with Crippen molar-refractivity contribution in [1.82, 2.24) is 14.5 Å². The van der Waals surface area contributed by atoms with Gasteiger partial charge in [0.25, 0.3) is 0 Å². The van der Waals surface area contributed by atoms with Crippen LogP contribution in [0.3, 0.4) is 0 Å². The number of rotatable bonds is 4. The molecule has 4 nitrogen and oxygen atoms in total. The molecule has 0 aliphatic heterocycles. The molecular weight excluding hydrogens is 647 g/mol. The van der Waals surface area contributed by atoms with Gasteiger partial charge in [0.15, 0.2) is 5.82 Å². The van der Waals surface area contributed by atoms with Crippen LogP contribution in [0, 0.1) is 0 Å². The molecular formula is C49H33N3O. The van der Waals surface area contributed by atoms with Crippen LogP contribution in [0.4, 0.5) is 0 Å². The fourth-order valence-corrected chi connectivity index (χ4v) is 8.66. The smallest absolute Gasteiger partial charge is 0.161 e. The molecule has 1 aliphatic rings. The Labute approximate surface area is 306 Å². The average Bonchev–Trinajstić information content (AvgIpc) is 3.82. The van der Waals surface area contributed by atoms with Crippen LogP contribution in [0.2, 0.25) is 0 Å². The minimum Gasteiger partial charge on any atom is -0.456 e. The average molecular weight is 680 g/mol. The number of hydrogen-bond acceptors (Lipinski definition) is 3. The molecule has 4 heteroatoms. The van der Waals surface area contributed by atoms with Gasteiger partial charge in [-0.25, -0.2) is 9.97 Å². The number of fused-ring (bicyclic) bond motifs is 9. The molecule has 0 spiro atoms. The molecule has 7 aromatic carbocycles. The van der Waals surface area contributed by atoms with Gasteiger partial charge in [0.05, 0.1) is 22.4 Å². The Morgan fingerprint density at radius 3 is 1.92 bits per heavy atom. The van der Waals surface area contributed by atoms with Gasteiger partial charge >= 0.3 is 0 Å². The Morgan fingerprint density at radius 1 is 0.472 bits per heavy atom. The van der Waals surface area contributed by atoms with E-state index >= 15 is 0 Å². The van der Waals surface area contributed by atoms with Crippen LogP contribution >= 0.6 is 0 Å². The lowest BCUT2D eigenvalue weighted by Crippen LogP contribution is -2.14. The van der Waals surface area contributed by atoms with Crippen molar-refractivity contribution < 1.29 is 4.42 Å². The molecule has 0 radical (unpaired) electrons. The second-order valence-corrected chi connectivity index (χ2v) is 14.6. The van der Waals surface area contributed by atoms with Crippen LogP contribution in [-0.4, -0.2) is 14.5 Å². The molecule has 0 saturated heterocycles. The lowest BCUT2D eigenvalue weighted by atomic mass is 9.82. The summed E-state index contributed by atoms with van der Waals surface area (Å²) in [5, 5.41) is 4.53. The molecule has 1 aliphatic carbocycles. The van der Waals surface area contributed by atoms with Gasteiger partial charge < -0.3 is 8.98 Å². The van der Waals surface area contributed by atoms with Gasteiger partial charge in [0, 0.05) is 49.3 Å². The van der Waals surface area contributed by atoms with Gasteiger partial charge in [-0.1, -0.05) is 129 Å². The first kappa shape index (κ1) is 29.9. The van der Waals surface area contributed by atoms with Crippen LogP contribution < -0.4 is 0 Å². The monoisotopic (exact) mass is 679 g/mol. The van der Waals surface area contributed by atoms with E-state index in [-0.39, 0.29) is 5.41 Å². The number of benzene rings is 7. The maximum absolute atomic E-state index is 6.55. The minimum absolute atomic E-state index is 0.103. The Balaban J connectivity index is 1.16. The lowest BCUT2D eigenvalue weighted by molar-refractivity contribution is 0.661. The van der Waals surface area contributed by atoms with Crippen molar-refractivity contribution in [3.8, 4) is 50.7 Å². The Kier molecular flexibility index (Phi) is 6.27. The zero-order chi connectivity index (χ0) is 35.3. The fourth-order valence-electron chi connectivity index (χ4n) is 8.66. The van der Waals surface area contributed by atoms with E-state index in [1.807, 2.05) is 48.5 Å². The highest BCUT2D eigenvalue weighted by Crippen LogP contribution is 2.51. The number of aromatic nitrogens is 3. The minimum atomic E-state index is -0.103. The van der Waals surface area contributed by atoms with E-state index in [0.29, 0.717) is 5.82 Å². The first-order valence-corrected chi connectivity index (χ1v) is 18.2. The van der Waals surface area contributed by atoms with Gasteiger partial charge in [-0.2, -0.15) is 0 Å². The molecule has 0 unspecified atom stereocenters. The van der Waals surface area contributed by atoms with E-state index < -0.39 is 0 Å². The van der Waals surface area contributed by atoms with E-state index in [0.717, 1.165) is 55.7 Å². The number of nitrogens with zero attached hydrogens (tertiary/aromatic N) is 3. The van der Waals surface area contributed by atoms with Crippen molar-refractivity contribution in [3.05, 3.63) is 175 Å². The predicted octanol–water partition coefficient (Wildman–Crippen LogP) is 12.8. The van der Waals surface area contributed by atoms with Gasteiger partial charge in [-0.05, 0) is 70.8 Å². The maximum Gasteiger partial charge on any atom is 0.161 e. The van der Waals surface area contributed by atoms with Crippen molar-refractivity contribution in [2.75, 3.05) is 0 Å². The van der Waals surface area contributed by atoms with Crippen molar-refractivity contribution >= 4 is 43.7 Å². The molecule has 0 saturated carbocycles. The Hall–Kier alpha value is -6.78. The molecule has 0 atom stereocenters. The lowest BCUT2D eigenvalue weighted by Gasteiger charge is -2.21. The van der Waals surface area contributed by atoms with Gasteiger partial charge in [-0.3, -0.25) is 0 Å². The second-order valence-electron chi connectivity index (χ2n) is 14.6. The molecule has 0 N–H and O–H groups in total. The molecule has 0 bridgehead atoms. The van der Waals surface area contributed by atoms with E-state index in [9.17, 15) is 0 Å². The third kappa shape index (κ3) is 4.42. The van der Waals surface area contributed by atoms with Crippen LogP contribution in [0.25, 0.3) is 94.5 Å². The maximum atomic E-state index is 6.55. The van der Waals surface area contributed by atoms with Gasteiger partial charge in [0.1, 0.15) is 11.2 Å². The third-order valence-corrected chi connectivity index (χ3v) is 11.2. The predicted molar refractivity (Wildman–Crippen MR) is 218 cm³/mol. The molecule has 53 heavy (non-hydrogen) atoms. The first-order valence-electron chi connectivity index (χ1n) is 18.2. The summed E-state index contributed by atoms with van der Waals surface area (Å²) >= 11 is 0. The molecule has 0 fully saturated rings. The van der Waals surface area contributed by atoms with E-state index in [1.165, 1.54) is 44.1 Å². The number of hydrogen-bond donors (Lipinski definition) is 0. The summed E-state index contributed by atoms with van der Waals surface area (Å²) in [4.78, 5) is 10.4. The van der Waals surface area contributed by atoms with Crippen molar-refractivity contribution in [2.45, 2.75) is 19.3 Å². The second kappa shape index (κ2) is 11.1. The molecule has 250 valence electrons. The fraction of sp³-hybridized carbons (Fsp3) is 0.0612. The summed E-state index contributed by atoms with van der Waals surface area (Å²) in [7, 11) is 0. The summed E-state index contributed by atoms with van der Waals surface area (Å²) in [5.74, 6) is 0.665. The summed E-state index contributed by atoms with van der Waals surface area (Å²) in [6, 6.07) is 58.0. The van der Waals surface area contributed by atoms with Gasteiger partial charge in [0.2, 0.25) is 0 Å². The van der Waals surface area contributed by atoms with Crippen LogP contribution in [0.1, 0.15) is 25.0 Å². The summed E-state index contributed by atoms with van der Waals surface area (Å²) in [5.41, 5.74) is 15.2. The Bertz CT molecular complexity index is 3020. The highest BCUT2D eigenvalue weighted by molar-refractivity contribution is 6.14. The van der Waals surface area contributed by atoms with Crippen molar-refractivity contribution in [2.24, 2.45) is 0 Å². The molecule has 3 aromatic heterocycles. The topological polar surface area (TPSA) is 43.9 Å². The van der Waals surface area contributed by atoms with Crippen LogP contribution in [0.5, 0.6) is 0 Å².